The summed E-state index contributed by atoms with van der Waals surface area (Å²) >= 11 is 0. The highest BCUT2D eigenvalue weighted by Gasteiger charge is 2.19. The molecule has 0 fully saturated rings. The molecule has 3 nitrogen and oxygen atoms in total. The summed E-state index contributed by atoms with van der Waals surface area (Å²) in [5, 5.41) is 6.75. The van der Waals surface area contributed by atoms with Crippen molar-refractivity contribution in [2.75, 3.05) is 10.6 Å². The number of hydrogen-bond donors (Lipinski definition) is 1. The first-order valence-electron chi connectivity index (χ1n) is 12.5. The van der Waals surface area contributed by atoms with Gasteiger partial charge in [-0.3, -0.25) is 0 Å². The maximum absolute atomic E-state index is 13.9. The molecule has 38 heavy (non-hydrogen) atoms. The molecule has 0 heterocycles. The maximum atomic E-state index is 13.9. The van der Waals surface area contributed by atoms with Gasteiger partial charge in [-0.05, 0) is 82.9 Å². The molecule has 0 aliphatic carbocycles. The number of hydrogen-bond acceptors (Lipinski definition) is 3. The molecular weight excluding hydrogens is 471 g/mol. The lowest BCUT2D eigenvalue weighted by Gasteiger charge is -2.27. The first-order valence-corrected chi connectivity index (χ1v) is 12.5. The zero-order chi connectivity index (χ0) is 25.6. The minimum absolute atomic E-state index is 0.259. The maximum Gasteiger partial charge on any atom is 0.135 e. The molecule has 0 spiro atoms. The van der Waals surface area contributed by atoms with Crippen molar-refractivity contribution in [2.45, 2.75) is 0 Å². The summed E-state index contributed by atoms with van der Waals surface area (Å²) in [4.78, 5) is 2.18. The van der Waals surface area contributed by atoms with Gasteiger partial charge in [0.2, 0.25) is 0 Å². The van der Waals surface area contributed by atoms with Crippen LogP contribution in [0.2, 0.25) is 0 Å². The molecule has 7 rings (SSSR count). The van der Waals surface area contributed by atoms with Crippen LogP contribution in [0.5, 0.6) is 11.5 Å². The van der Waals surface area contributed by atoms with Crippen LogP contribution in [0.25, 0.3) is 32.3 Å². The molecule has 0 aliphatic rings. The van der Waals surface area contributed by atoms with Crippen molar-refractivity contribution in [1.82, 2.24) is 0 Å². The average molecular weight is 495 g/mol. The van der Waals surface area contributed by atoms with E-state index in [1.165, 1.54) is 17.5 Å². The van der Waals surface area contributed by atoms with E-state index in [0.29, 0.717) is 11.4 Å². The van der Waals surface area contributed by atoms with Crippen molar-refractivity contribution in [3.8, 4) is 11.5 Å². The Labute approximate surface area is 219 Å². The number of ether oxygens (including phenoxy) is 1. The minimum atomic E-state index is -0.259. The highest BCUT2D eigenvalue weighted by Crippen LogP contribution is 2.45. The van der Waals surface area contributed by atoms with Crippen molar-refractivity contribution in [2.24, 2.45) is 0 Å². The van der Waals surface area contributed by atoms with E-state index in [9.17, 15) is 4.39 Å². The number of nitrogen functional groups attached to an aromatic ring is 1. The fraction of sp³-hybridized carbons (Fsp3) is 0. The normalized spacial score (nSPS) is 11.4. The van der Waals surface area contributed by atoms with Gasteiger partial charge in [0, 0.05) is 39.3 Å². The third kappa shape index (κ3) is 3.66. The Hall–Kier alpha value is -5.09. The molecule has 7 aromatic carbocycles. The molecule has 0 bridgehead atoms. The Morgan fingerprint density at radius 3 is 2.00 bits per heavy atom. The summed E-state index contributed by atoms with van der Waals surface area (Å²) in [5.74, 6) is 1.22. The molecule has 4 heteroatoms. The van der Waals surface area contributed by atoms with Gasteiger partial charge in [0.25, 0.3) is 0 Å². The van der Waals surface area contributed by atoms with E-state index in [1.54, 1.807) is 0 Å². The third-order valence-electron chi connectivity index (χ3n) is 7.03. The number of anilines is 4. The van der Waals surface area contributed by atoms with Crippen molar-refractivity contribution in [3.63, 3.8) is 0 Å². The van der Waals surface area contributed by atoms with E-state index in [2.05, 4.69) is 59.5 Å². The predicted molar refractivity (Wildman–Crippen MR) is 156 cm³/mol. The molecule has 0 amide bonds. The number of para-hydroxylation sites is 1. The number of nitrogens with zero attached hydrogens (tertiary/aromatic N) is 1. The summed E-state index contributed by atoms with van der Waals surface area (Å²) in [7, 11) is 0. The molecule has 0 aliphatic heterocycles. The van der Waals surface area contributed by atoms with Crippen LogP contribution in [-0.4, -0.2) is 0 Å². The van der Waals surface area contributed by atoms with Gasteiger partial charge in [-0.25, -0.2) is 4.39 Å². The minimum Gasteiger partial charge on any atom is -0.457 e. The Bertz CT molecular complexity index is 1920. The molecule has 0 saturated heterocycles. The molecule has 0 saturated carbocycles. The first-order chi connectivity index (χ1) is 18.7. The van der Waals surface area contributed by atoms with Crippen LogP contribution in [0.15, 0.2) is 127 Å². The lowest BCUT2D eigenvalue weighted by Crippen LogP contribution is -2.10. The smallest absolute Gasteiger partial charge is 0.135 e. The molecular formula is C34H23FN2O. The molecule has 182 valence electrons. The van der Waals surface area contributed by atoms with Gasteiger partial charge >= 0.3 is 0 Å². The SMILES string of the molecule is Nc1cccc(Oc2ccc3ccc4c(N(c5ccccc5)c5ccc(F)cc5)ccc5ccc2c3c54)c1. The standard InChI is InChI=1S/C34H23FN2O/c35-24-13-15-27(16-14-24)37(26-6-2-1-3-7-26)31-19-11-22-10-18-30-32(38-28-8-4-5-25(36)21-28)20-12-23-9-17-29(31)33(22)34(23)30/h1-21H,36H2. The first kappa shape index (κ1) is 22.1. The lowest BCUT2D eigenvalue weighted by atomic mass is 9.92. The summed E-state index contributed by atoms with van der Waals surface area (Å²) in [6.07, 6.45) is 0. The van der Waals surface area contributed by atoms with Crippen LogP contribution in [-0.2, 0) is 0 Å². The highest BCUT2D eigenvalue weighted by molar-refractivity contribution is 6.26. The second kappa shape index (κ2) is 8.79. The van der Waals surface area contributed by atoms with E-state index in [1.807, 2.05) is 60.7 Å². The van der Waals surface area contributed by atoms with Crippen LogP contribution in [0, 0.1) is 5.82 Å². The monoisotopic (exact) mass is 494 g/mol. The van der Waals surface area contributed by atoms with Crippen LogP contribution in [0.4, 0.5) is 27.1 Å². The van der Waals surface area contributed by atoms with Crippen LogP contribution in [0.3, 0.4) is 0 Å². The molecule has 0 radical (unpaired) electrons. The van der Waals surface area contributed by atoms with Gasteiger partial charge < -0.3 is 15.4 Å². The molecule has 0 aromatic heterocycles. The van der Waals surface area contributed by atoms with E-state index in [0.717, 1.165) is 49.7 Å². The third-order valence-corrected chi connectivity index (χ3v) is 7.03. The second-order valence-electron chi connectivity index (χ2n) is 9.39. The van der Waals surface area contributed by atoms with Gasteiger partial charge in [-0.2, -0.15) is 0 Å². The van der Waals surface area contributed by atoms with E-state index in [-0.39, 0.29) is 5.82 Å². The Morgan fingerprint density at radius 1 is 0.579 bits per heavy atom. The average Bonchev–Trinajstić information content (AvgIpc) is 2.95. The molecule has 7 aromatic rings. The molecule has 0 unspecified atom stereocenters. The fourth-order valence-electron chi connectivity index (χ4n) is 5.34. The summed E-state index contributed by atoms with van der Waals surface area (Å²) < 4.78 is 20.2. The lowest BCUT2D eigenvalue weighted by molar-refractivity contribution is 0.489. The highest BCUT2D eigenvalue weighted by atomic mass is 19.1. The van der Waals surface area contributed by atoms with Gasteiger partial charge in [0.05, 0.1) is 5.69 Å². The zero-order valence-electron chi connectivity index (χ0n) is 20.4. The van der Waals surface area contributed by atoms with Crippen molar-refractivity contribution < 1.29 is 9.13 Å². The van der Waals surface area contributed by atoms with Crippen LogP contribution >= 0.6 is 0 Å². The molecule has 0 atom stereocenters. The second-order valence-corrected chi connectivity index (χ2v) is 9.39. The quantitative estimate of drug-likeness (QED) is 0.191. The van der Waals surface area contributed by atoms with Gasteiger partial charge in [-0.15, -0.1) is 0 Å². The number of rotatable bonds is 5. The summed E-state index contributed by atoms with van der Waals surface area (Å²) in [5.41, 5.74) is 9.55. The van der Waals surface area contributed by atoms with Gasteiger partial charge in [0.15, 0.2) is 0 Å². The molecule has 2 N–H and O–H groups in total. The van der Waals surface area contributed by atoms with Crippen LogP contribution in [0.1, 0.15) is 0 Å². The van der Waals surface area contributed by atoms with E-state index >= 15 is 0 Å². The van der Waals surface area contributed by atoms with E-state index < -0.39 is 0 Å². The Balaban J connectivity index is 1.48. The number of benzene rings is 7. The van der Waals surface area contributed by atoms with Crippen LogP contribution < -0.4 is 15.4 Å². The fourth-order valence-corrected chi connectivity index (χ4v) is 5.34. The van der Waals surface area contributed by atoms with E-state index in [4.69, 9.17) is 10.5 Å². The number of halogens is 1. The number of nitrogens with two attached hydrogens (primary N) is 1. The predicted octanol–water partition coefficient (Wildman–Crippen LogP) is 9.57. The van der Waals surface area contributed by atoms with Crippen molar-refractivity contribution in [3.05, 3.63) is 133 Å². The summed E-state index contributed by atoms with van der Waals surface area (Å²) in [6.45, 7) is 0. The van der Waals surface area contributed by atoms with Gasteiger partial charge in [-0.1, -0.05) is 54.6 Å². The summed E-state index contributed by atoms with van der Waals surface area (Å²) in [6, 6.07) is 41.3. The Kier molecular flexibility index (Phi) is 5.12. The van der Waals surface area contributed by atoms with Crippen molar-refractivity contribution >= 4 is 55.1 Å². The zero-order valence-corrected chi connectivity index (χ0v) is 20.4. The Morgan fingerprint density at radius 2 is 1.24 bits per heavy atom. The largest absolute Gasteiger partial charge is 0.457 e. The topological polar surface area (TPSA) is 38.5 Å². The van der Waals surface area contributed by atoms with Crippen molar-refractivity contribution in [1.29, 1.82) is 0 Å². The van der Waals surface area contributed by atoms with Gasteiger partial charge in [0.1, 0.15) is 17.3 Å².